The normalized spacial score (nSPS) is 10.4. The molecule has 2 rings (SSSR count). The summed E-state index contributed by atoms with van der Waals surface area (Å²) >= 11 is 6.00. The predicted molar refractivity (Wildman–Crippen MR) is 58.6 cm³/mol. The summed E-state index contributed by atoms with van der Waals surface area (Å²) in [6.45, 7) is 1.65. The molecule has 1 aromatic heterocycles. The molecule has 1 N–H and O–H groups in total. The molecule has 0 saturated heterocycles. The molecule has 0 radical (unpaired) electrons. The van der Waals surface area contributed by atoms with Crippen LogP contribution in [0.15, 0.2) is 28.8 Å². The minimum atomic E-state index is -1.13. The zero-order valence-corrected chi connectivity index (χ0v) is 9.15. The van der Waals surface area contributed by atoms with Gasteiger partial charge in [0, 0.05) is 10.6 Å². The Morgan fingerprint density at radius 3 is 2.75 bits per heavy atom. The van der Waals surface area contributed by atoms with Crippen LogP contribution in [0, 0.1) is 6.92 Å². The third-order valence-electron chi connectivity index (χ3n) is 2.21. The SMILES string of the molecule is Cc1onc(C(=O)O)c1-c1ccccc1Cl. The molecule has 0 unspecified atom stereocenters. The summed E-state index contributed by atoms with van der Waals surface area (Å²) in [5, 5.41) is 12.9. The lowest BCUT2D eigenvalue weighted by Crippen LogP contribution is -1.99. The van der Waals surface area contributed by atoms with Gasteiger partial charge in [0.25, 0.3) is 0 Å². The minimum Gasteiger partial charge on any atom is -0.476 e. The van der Waals surface area contributed by atoms with Crippen molar-refractivity contribution in [2.45, 2.75) is 6.92 Å². The van der Waals surface area contributed by atoms with Gasteiger partial charge in [0.2, 0.25) is 0 Å². The lowest BCUT2D eigenvalue weighted by Gasteiger charge is -2.02. The number of rotatable bonds is 2. The summed E-state index contributed by atoms with van der Waals surface area (Å²) in [7, 11) is 0. The minimum absolute atomic E-state index is 0.120. The highest BCUT2D eigenvalue weighted by molar-refractivity contribution is 6.33. The Kier molecular flexibility index (Phi) is 2.66. The van der Waals surface area contributed by atoms with Gasteiger partial charge in [0.1, 0.15) is 5.76 Å². The third-order valence-corrected chi connectivity index (χ3v) is 2.54. The molecule has 16 heavy (non-hydrogen) atoms. The Morgan fingerprint density at radius 2 is 2.12 bits per heavy atom. The van der Waals surface area contributed by atoms with E-state index < -0.39 is 5.97 Å². The number of hydrogen-bond donors (Lipinski definition) is 1. The van der Waals surface area contributed by atoms with Crippen LogP contribution in [0.3, 0.4) is 0 Å². The van der Waals surface area contributed by atoms with Crippen LogP contribution in [0.1, 0.15) is 16.2 Å². The summed E-state index contributed by atoms with van der Waals surface area (Å²) in [4.78, 5) is 11.0. The van der Waals surface area contributed by atoms with E-state index in [-0.39, 0.29) is 5.69 Å². The van der Waals surface area contributed by atoms with E-state index in [0.717, 1.165) is 0 Å². The Balaban J connectivity index is 2.68. The van der Waals surface area contributed by atoms with Crippen molar-refractivity contribution in [3.05, 3.63) is 40.7 Å². The number of aromatic carboxylic acids is 1. The van der Waals surface area contributed by atoms with Gasteiger partial charge >= 0.3 is 5.97 Å². The van der Waals surface area contributed by atoms with Gasteiger partial charge in [-0.2, -0.15) is 0 Å². The van der Waals surface area contributed by atoms with Gasteiger partial charge in [-0.05, 0) is 13.0 Å². The van der Waals surface area contributed by atoms with Gasteiger partial charge in [-0.15, -0.1) is 0 Å². The van der Waals surface area contributed by atoms with E-state index >= 15 is 0 Å². The molecule has 1 heterocycles. The van der Waals surface area contributed by atoms with Gasteiger partial charge < -0.3 is 9.63 Å². The maximum Gasteiger partial charge on any atom is 0.358 e. The molecule has 5 heteroatoms. The van der Waals surface area contributed by atoms with E-state index in [4.69, 9.17) is 21.2 Å². The standard InChI is InChI=1S/C11H8ClNO3/c1-6-9(10(11(14)15)13-16-6)7-4-2-3-5-8(7)12/h2-5H,1H3,(H,14,15). The van der Waals surface area contributed by atoms with Crippen molar-refractivity contribution >= 4 is 17.6 Å². The summed E-state index contributed by atoms with van der Waals surface area (Å²) in [6, 6.07) is 6.97. The highest BCUT2D eigenvalue weighted by Crippen LogP contribution is 2.32. The second kappa shape index (κ2) is 3.98. The zero-order valence-electron chi connectivity index (χ0n) is 8.40. The van der Waals surface area contributed by atoms with Crippen LogP contribution < -0.4 is 0 Å². The van der Waals surface area contributed by atoms with Crippen LogP contribution in [0.5, 0.6) is 0 Å². The molecule has 4 nitrogen and oxygen atoms in total. The first kappa shape index (κ1) is 10.7. The van der Waals surface area contributed by atoms with E-state index in [0.29, 0.717) is 21.9 Å². The zero-order chi connectivity index (χ0) is 11.7. The molecule has 0 aliphatic rings. The summed E-state index contributed by atoms with van der Waals surface area (Å²) in [5.74, 6) is -0.697. The molecule has 0 spiro atoms. The molecule has 0 bridgehead atoms. The first-order valence-corrected chi connectivity index (χ1v) is 4.93. The number of carbonyl (C=O) groups is 1. The molecule has 0 fully saturated rings. The van der Waals surface area contributed by atoms with Gasteiger partial charge in [-0.25, -0.2) is 4.79 Å². The van der Waals surface area contributed by atoms with Gasteiger partial charge in [0.05, 0.1) is 5.56 Å². The number of hydrogen-bond acceptors (Lipinski definition) is 3. The highest BCUT2D eigenvalue weighted by atomic mass is 35.5. The third kappa shape index (κ3) is 1.67. The highest BCUT2D eigenvalue weighted by Gasteiger charge is 2.21. The lowest BCUT2D eigenvalue weighted by molar-refractivity contribution is 0.0686. The van der Waals surface area contributed by atoms with Crippen LogP contribution >= 0.6 is 11.6 Å². The fraction of sp³-hybridized carbons (Fsp3) is 0.0909. The first-order chi connectivity index (χ1) is 7.61. The van der Waals surface area contributed by atoms with E-state index in [2.05, 4.69) is 5.16 Å². The van der Waals surface area contributed by atoms with Crippen molar-refractivity contribution < 1.29 is 14.4 Å². The fourth-order valence-corrected chi connectivity index (χ4v) is 1.73. The van der Waals surface area contributed by atoms with Crippen molar-refractivity contribution in [3.8, 4) is 11.1 Å². The van der Waals surface area contributed by atoms with Gasteiger partial charge in [-0.3, -0.25) is 0 Å². The molecule has 0 saturated carbocycles. The van der Waals surface area contributed by atoms with Crippen molar-refractivity contribution in [2.24, 2.45) is 0 Å². The van der Waals surface area contributed by atoms with Gasteiger partial charge in [0.15, 0.2) is 5.69 Å². The molecule has 1 aromatic carbocycles. The van der Waals surface area contributed by atoms with Crippen LogP contribution in [0.2, 0.25) is 5.02 Å². The summed E-state index contributed by atoms with van der Waals surface area (Å²) in [5.41, 5.74) is 0.920. The largest absolute Gasteiger partial charge is 0.476 e. The van der Waals surface area contributed by atoms with Crippen LogP contribution in [-0.2, 0) is 0 Å². The number of halogens is 1. The summed E-state index contributed by atoms with van der Waals surface area (Å²) < 4.78 is 4.88. The van der Waals surface area contributed by atoms with Crippen molar-refractivity contribution in [1.82, 2.24) is 5.16 Å². The topological polar surface area (TPSA) is 63.3 Å². The van der Waals surface area contributed by atoms with E-state index in [1.807, 2.05) is 0 Å². The van der Waals surface area contributed by atoms with E-state index in [9.17, 15) is 4.79 Å². The Morgan fingerprint density at radius 1 is 1.44 bits per heavy atom. The van der Waals surface area contributed by atoms with Crippen molar-refractivity contribution in [3.63, 3.8) is 0 Å². The molecule has 0 amide bonds. The monoisotopic (exact) mass is 237 g/mol. The molecule has 0 aliphatic carbocycles. The summed E-state index contributed by atoms with van der Waals surface area (Å²) in [6.07, 6.45) is 0. The first-order valence-electron chi connectivity index (χ1n) is 4.55. The fourth-order valence-electron chi connectivity index (χ4n) is 1.50. The van der Waals surface area contributed by atoms with Crippen LogP contribution in [0.4, 0.5) is 0 Å². The molecule has 82 valence electrons. The Labute approximate surface area is 96.4 Å². The second-order valence-corrected chi connectivity index (χ2v) is 3.65. The Bertz CT molecular complexity index is 548. The maximum atomic E-state index is 11.0. The van der Waals surface area contributed by atoms with Gasteiger partial charge in [-0.1, -0.05) is 35.0 Å². The van der Waals surface area contributed by atoms with Crippen LogP contribution in [0.25, 0.3) is 11.1 Å². The molecule has 0 atom stereocenters. The Hall–Kier alpha value is -1.81. The number of carboxylic acid groups (broad SMARTS) is 1. The predicted octanol–water partition coefficient (Wildman–Crippen LogP) is 3.00. The van der Waals surface area contributed by atoms with E-state index in [1.54, 1.807) is 31.2 Å². The number of benzene rings is 1. The molecule has 2 aromatic rings. The van der Waals surface area contributed by atoms with E-state index in [1.165, 1.54) is 0 Å². The molecule has 0 aliphatic heterocycles. The maximum absolute atomic E-state index is 11.0. The van der Waals surface area contributed by atoms with Crippen LogP contribution in [-0.4, -0.2) is 16.2 Å². The average Bonchev–Trinajstić information content (AvgIpc) is 2.61. The van der Waals surface area contributed by atoms with Crippen molar-refractivity contribution in [1.29, 1.82) is 0 Å². The second-order valence-electron chi connectivity index (χ2n) is 3.25. The number of aryl methyl sites for hydroxylation is 1. The lowest BCUT2D eigenvalue weighted by atomic mass is 10.0. The molecular formula is C11H8ClNO3. The average molecular weight is 238 g/mol. The number of aromatic nitrogens is 1. The van der Waals surface area contributed by atoms with Crippen molar-refractivity contribution in [2.75, 3.05) is 0 Å². The molecular weight excluding hydrogens is 230 g/mol. The number of nitrogens with zero attached hydrogens (tertiary/aromatic N) is 1. The smallest absolute Gasteiger partial charge is 0.358 e. The quantitative estimate of drug-likeness (QED) is 0.872. The number of carboxylic acids is 1.